The third-order valence-electron chi connectivity index (χ3n) is 4.01. The van der Waals surface area contributed by atoms with Crippen LogP contribution < -0.4 is 5.32 Å². The van der Waals surface area contributed by atoms with Gasteiger partial charge in [-0.2, -0.15) is 0 Å². The molecular formula is C19H17N7. The topological polar surface area (TPSA) is 81.4 Å². The van der Waals surface area contributed by atoms with Crippen LogP contribution in [0.5, 0.6) is 0 Å². The zero-order chi connectivity index (χ0) is 17.8. The van der Waals surface area contributed by atoms with Crippen LogP contribution in [0, 0.1) is 6.92 Å². The lowest BCUT2D eigenvalue weighted by Crippen LogP contribution is -2.04. The number of benzene rings is 2. The fourth-order valence-corrected chi connectivity index (χ4v) is 2.71. The Kier molecular flexibility index (Phi) is 4.34. The molecule has 0 saturated heterocycles. The Morgan fingerprint density at radius 3 is 2.69 bits per heavy atom. The Hall–Kier alpha value is -3.61. The van der Waals surface area contributed by atoms with Crippen molar-refractivity contribution in [2.24, 2.45) is 0 Å². The first-order valence-corrected chi connectivity index (χ1v) is 8.25. The number of nitrogens with one attached hydrogen (secondary N) is 1. The Bertz CT molecular complexity index is 998. The molecule has 0 unspecified atom stereocenters. The summed E-state index contributed by atoms with van der Waals surface area (Å²) in [6.07, 6.45) is 3.37. The summed E-state index contributed by atoms with van der Waals surface area (Å²) in [5, 5.41) is 14.7. The van der Waals surface area contributed by atoms with Crippen LogP contribution in [0.3, 0.4) is 0 Å². The van der Waals surface area contributed by atoms with Crippen LogP contribution in [0.25, 0.3) is 17.1 Å². The van der Waals surface area contributed by atoms with Crippen LogP contribution in [-0.4, -0.2) is 30.2 Å². The number of nitrogens with zero attached hydrogens (tertiary/aromatic N) is 6. The maximum absolute atomic E-state index is 4.63. The average molecular weight is 343 g/mol. The smallest absolute Gasteiger partial charge is 0.159 e. The first-order chi connectivity index (χ1) is 12.8. The monoisotopic (exact) mass is 343 g/mol. The molecule has 0 aliphatic rings. The van der Waals surface area contributed by atoms with Gasteiger partial charge in [0.05, 0.1) is 17.9 Å². The van der Waals surface area contributed by atoms with Gasteiger partial charge in [-0.3, -0.25) is 0 Å². The molecule has 0 fully saturated rings. The summed E-state index contributed by atoms with van der Waals surface area (Å²) in [7, 11) is 0. The third kappa shape index (κ3) is 3.41. The maximum atomic E-state index is 4.63. The maximum Gasteiger partial charge on any atom is 0.159 e. The molecule has 0 amide bonds. The number of tetrazole rings is 1. The average Bonchev–Trinajstić information content (AvgIpc) is 3.22. The van der Waals surface area contributed by atoms with E-state index in [0.29, 0.717) is 6.54 Å². The van der Waals surface area contributed by atoms with Crippen LogP contribution >= 0.6 is 0 Å². The summed E-state index contributed by atoms with van der Waals surface area (Å²) < 4.78 is 1.65. The lowest BCUT2D eigenvalue weighted by molar-refractivity contribution is 0.785. The SMILES string of the molecule is Cc1cc(NCc2ccnc(-c3ccccc3)n2)ccc1-n1cnnn1. The van der Waals surface area contributed by atoms with Gasteiger partial charge >= 0.3 is 0 Å². The second kappa shape index (κ2) is 7.10. The normalized spacial score (nSPS) is 10.7. The van der Waals surface area contributed by atoms with Crippen molar-refractivity contribution >= 4 is 5.69 Å². The Balaban J connectivity index is 1.49. The van der Waals surface area contributed by atoms with E-state index in [9.17, 15) is 0 Å². The Labute approximate surface area is 150 Å². The van der Waals surface area contributed by atoms with E-state index in [1.54, 1.807) is 17.2 Å². The van der Waals surface area contributed by atoms with Crippen molar-refractivity contribution in [3.8, 4) is 17.1 Å². The predicted molar refractivity (Wildman–Crippen MR) is 98.7 cm³/mol. The summed E-state index contributed by atoms with van der Waals surface area (Å²) >= 11 is 0. The summed E-state index contributed by atoms with van der Waals surface area (Å²) in [5.74, 6) is 0.732. The van der Waals surface area contributed by atoms with Gasteiger partial charge in [0.1, 0.15) is 6.33 Å². The lowest BCUT2D eigenvalue weighted by Gasteiger charge is -2.10. The van der Waals surface area contributed by atoms with Gasteiger partial charge in [-0.15, -0.1) is 5.10 Å². The molecule has 1 N–H and O–H groups in total. The molecule has 2 heterocycles. The number of hydrogen-bond donors (Lipinski definition) is 1. The molecule has 128 valence electrons. The highest BCUT2D eigenvalue weighted by Crippen LogP contribution is 2.19. The molecule has 4 aromatic rings. The largest absolute Gasteiger partial charge is 0.379 e. The fraction of sp³-hybridized carbons (Fsp3) is 0.105. The zero-order valence-electron chi connectivity index (χ0n) is 14.2. The minimum Gasteiger partial charge on any atom is -0.379 e. The molecule has 0 bridgehead atoms. The summed E-state index contributed by atoms with van der Waals surface area (Å²) in [6.45, 7) is 2.65. The van der Waals surface area contributed by atoms with Crippen molar-refractivity contribution in [3.63, 3.8) is 0 Å². The van der Waals surface area contributed by atoms with Crippen molar-refractivity contribution in [1.82, 2.24) is 30.2 Å². The molecule has 0 aliphatic heterocycles. The van der Waals surface area contributed by atoms with Crippen molar-refractivity contribution in [2.75, 3.05) is 5.32 Å². The van der Waals surface area contributed by atoms with Gasteiger partial charge in [0.15, 0.2) is 5.82 Å². The number of hydrogen-bond acceptors (Lipinski definition) is 6. The van der Waals surface area contributed by atoms with E-state index in [0.717, 1.165) is 34.0 Å². The van der Waals surface area contributed by atoms with Gasteiger partial charge in [0, 0.05) is 17.4 Å². The van der Waals surface area contributed by atoms with Crippen LogP contribution in [0.1, 0.15) is 11.3 Å². The molecule has 0 aliphatic carbocycles. The molecule has 0 spiro atoms. The van der Waals surface area contributed by atoms with E-state index in [1.807, 2.05) is 55.5 Å². The molecule has 7 heteroatoms. The second-order valence-electron chi connectivity index (χ2n) is 5.85. The van der Waals surface area contributed by atoms with Gasteiger partial charge in [-0.1, -0.05) is 30.3 Å². The predicted octanol–water partition coefficient (Wildman–Crippen LogP) is 3.04. The van der Waals surface area contributed by atoms with E-state index in [2.05, 4.69) is 36.9 Å². The highest BCUT2D eigenvalue weighted by Gasteiger charge is 2.05. The molecule has 4 rings (SSSR count). The van der Waals surface area contributed by atoms with E-state index in [-0.39, 0.29) is 0 Å². The van der Waals surface area contributed by atoms with Crippen LogP contribution in [-0.2, 0) is 6.54 Å². The van der Waals surface area contributed by atoms with Crippen LogP contribution in [0.4, 0.5) is 5.69 Å². The highest BCUT2D eigenvalue weighted by atomic mass is 15.5. The molecule has 0 radical (unpaired) electrons. The third-order valence-corrected chi connectivity index (χ3v) is 4.01. The minimum atomic E-state index is 0.617. The standard InChI is InChI=1S/C19H17N7/c1-14-11-16(7-8-18(14)26-13-22-24-25-26)21-12-17-9-10-20-19(23-17)15-5-3-2-4-6-15/h2-11,13,21H,12H2,1H3. The number of aryl methyl sites for hydroxylation is 1. The van der Waals surface area contributed by atoms with Gasteiger partial charge in [-0.05, 0) is 47.2 Å². The number of aromatic nitrogens is 6. The number of rotatable bonds is 5. The Morgan fingerprint density at radius 2 is 1.92 bits per heavy atom. The van der Waals surface area contributed by atoms with E-state index in [4.69, 9.17) is 0 Å². The molecule has 7 nitrogen and oxygen atoms in total. The second-order valence-corrected chi connectivity index (χ2v) is 5.85. The van der Waals surface area contributed by atoms with Crippen LogP contribution in [0.2, 0.25) is 0 Å². The molecule has 2 aromatic heterocycles. The summed E-state index contributed by atoms with van der Waals surface area (Å²) in [4.78, 5) is 8.99. The van der Waals surface area contributed by atoms with E-state index < -0.39 is 0 Å². The summed E-state index contributed by atoms with van der Waals surface area (Å²) in [6, 6.07) is 17.9. The van der Waals surface area contributed by atoms with Crippen molar-refractivity contribution in [2.45, 2.75) is 13.5 Å². The number of anilines is 1. The van der Waals surface area contributed by atoms with Gasteiger partial charge in [0.25, 0.3) is 0 Å². The molecule has 0 saturated carbocycles. The summed E-state index contributed by atoms with van der Waals surface area (Å²) in [5.41, 5.74) is 4.99. The first-order valence-electron chi connectivity index (χ1n) is 8.25. The zero-order valence-corrected chi connectivity index (χ0v) is 14.2. The van der Waals surface area contributed by atoms with Crippen molar-refractivity contribution < 1.29 is 0 Å². The van der Waals surface area contributed by atoms with Crippen molar-refractivity contribution in [1.29, 1.82) is 0 Å². The fourth-order valence-electron chi connectivity index (χ4n) is 2.71. The Morgan fingerprint density at radius 1 is 1.04 bits per heavy atom. The van der Waals surface area contributed by atoms with E-state index >= 15 is 0 Å². The highest BCUT2D eigenvalue weighted by molar-refractivity contribution is 5.55. The first kappa shape index (κ1) is 15.9. The minimum absolute atomic E-state index is 0.617. The lowest BCUT2D eigenvalue weighted by atomic mass is 10.1. The van der Waals surface area contributed by atoms with Gasteiger partial charge in [-0.25, -0.2) is 14.6 Å². The van der Waals surface area contributed by atoms with Gasteiger partial charge in [0.2, 0.25) is 0 Å². The molecule has 0 atom stereocenters. The van der Waals surface area contributed by atoms with Gasteiger partial charge < -0.3 is 5.32 Å². The molecule has 2 aromatic carbocycles. The molecular weight excluding hydrogens is 326 g/mol. The van der Waals surface area contributed by atoms with Crippen LogP contribution in [0.15, 0.2) is 67.1 Å². The molecule has 26 heavy (non-hydrogen) atoms. The van der Waals surface area contributed by atoms with Crippen molar-refractivity contribution in [3.05, 3.63) is 78.4 Å². The quantitative estimate of drug-likeness (QED) is 0.600. The van der Waals surface area contributed by atoms with E-state index in [1.165, 1.54) is 0 Å².